The van der Waals surface area contributed by atoms with Gasteiger partial charge in [0.25, 0.3) is 0 Å². The summed E-state index contributed by atoms with van der Waals surface area (Å²) in [4.78, 5) is 6.91. The lowest BCUT2D eigenvalue weighted by atomic mass is 10.1. The minimum atomic E-state index is -0.242. The van der Waals surface area contributed by atoms with Crippen molar-refractivity contribution in [3.8, 4) is 0 Å². The highest BCUT2D eigenvalue weighted by atomic mass is 32.1. The van der Waals surface area contributed by atoms with Crippen LogP contribution in [0, 0.1) is 19.7 Å². The highest BCUT2D eigenvalue weighted by Gasteiger charge is 2.16. The second-order valence-corrected chi connectivity index (χ2v) is 6.87. The Balaban J connectivity index is 2.02. The lowest BCUT2D eigenvalue weighted by Gasteiger charge is -2.15. The smallest absolute Gasteiger partial charge is 0.201 e. The largest absolute Gasteiger partial charge is 0.369 e. The van der Waals surface area contributed by atoms with Crippen molar-refractivity contribution in [2.45, 2.75) is 33.2 Å². The fourth-order valence-corrected chi connectivity index (χ4v) is 3.69. The normalized spacial score (nSPS) is 13.0. The van der Waals surface area contributed by atoms with Gasteiger partial charge in [-0.05, 0) is 44.5 Å². The molecule has 1 atom stereocenters. The molecule has 3 rings (SSSR count). The number of nitrogen functional groups attached to an aromatic ring is 1. The highest BCUT2D eigenvalue weighted by molar-refractivity contribution is 7.11. The highest BCUT2D eigenvalue weighted by Crippen LogP contribution is 2.28. The number of hydrogen-bond acceptors (Lipinski definition) is 3. The fourth-order valence-electron chi connectivity index (χ4n) is 2.68. The van der Waals surface area contributed by atoms with E-state index in [0.29, 0.717) is 17.0 Å². The molecule has 3 aromatic rings. The predicted molar refractivity (Wildman–Crippen MR) is 86.3 cm³/mol. The molecule has 0 bridgehead atoms. The lowest BCUT2D eigenvalue weighted by Crippen LogP contribution is -2.10. The maximum atomic E-state index is 13.7. The number of imidazole rings is 1. The molecule has 2 aromatic heterocycles. The van der Waals surface area contributed by atoms with Gasteiger partial charge in [0.05, 0.1) is 11.0 Å². The molecular formula is C16H18FN3S. The molecular weight excluding hydrogens is 285 g/mol. The quantitative estimate of drug-likeness (QED) is 0.786. The number of fused-ring (bicyclic) bond motifs is 1. The molecule has 3 nitrogen and oxygen atoms in total. The molecule has 5 heteroatoms. The van der Waals surface area contributed by atoms with E-state index in [4.69, 9.17) is 5.73 Å². The Labute approximate surface area is 127 Å². The van der Waals surface area contributed by atoms with Crippen LogP contribution in [0.1, 0.15) is 28.3 Å². The van der Waals surface area contributed by atoms with E-state index in [1.54, 1.807) is 18.3 Å². The Morgan fingerprint density at radius 3 is 2.76 bits per heavy atom. The van der Waals surface area contributed by atoms with Gasteiger partial charge in [-0.15, -0.1) is 11.3 Å². The van der Waals surface area contributed by atoms with E-state index < -0.39 is 0 Å². The molecule has 0 aliphatic heterocycles. The number of nitrogens with zero attached hydrogens (tertiary/aromatic N) is 2. The van der Waals surface area contributed by atoms with E-state index >= 15 is 0 Å². The van der Waals surface area contributed by atoms with Gasteiger partial charge >= 0.3 is 0 Å². The van der Waals surface area contributed by atoms with Crippen LogP contribution in [0.25, 0.3) is 11.0 Å². The van der Waals surface area contributed by atoms with Gasteiger partial charge in [-0.25, -0.2) is 9.37 Å². The van der Waals surface area contributed by atoms with E-state index in [-0.39, 0.29) is 11.9 Å². The van der Waals surface area contributed by atoms with Gasteiger partial charge in [0.1, 0.15) is 5.82 Å². The maximum absolute atomic E-state index is 13.7. The van der Waals surface area contributed by atoms with Gasteiger partial charge in [-0.1, -0.05) is 0 Å². The number of thiophene rings is 1. The summed E-state index contributed by atoms with van der Waals surface area (Å²) in [7, 11) is 0. The summed E-state index contributed by atoms with van der Waals surface area (Å²) in [6.45, 7) is 5.98. The van der Waals surface area contributed by atoms with Crippen LogP contribution in [0.15, 0.2) is 24.3 Å². The predicted octanol–water partition coefficient (Wildman–Crippen LogP) is 4.24. The summed E-state index contributed by atoms with van der Waals surface area (Å²) in [5.74, 6) is 0.199. The van der Waals surface area contributed by atoms with Gasteiger partial charge in [0.2, 0.25) is 5.95 Å². The Morgan fingerprint density at radius 1 is 1.33 bits per heavy atom. The number of nitrogens with two attached hydrogens (primary N) is 1. The van der Waals surface area contributed by atoms with E-state index in [9.17, 15) is 4.39 Å². The molecule has 0 amide bonds. The first-order chi connectivity index (χ1) is 9.95. The lowest BCUT2D eigenvalue weighted by molar-refractivity contribution is 0.570. The SMILES string of the molecule is Cc1ccc(CC(C)n2c(N)nc3cc(F)c(C)cc32)s1. The van der Waals surface area contributed by atoms with Crippen LogP contribution in [0.4, 0.5) is 10.3 Å². The third kappa shape index (κ3) is 2.53. The second-order valence-electron chi connectivity index (χ2n) is 5.50. The van der Waals surface area contributed by atoms with Crippen LogP contribution >= 0.6 is 11.3 Å². The second kappa shape index (κ2) is 5.15. The molecule has 0 aliphatic carbocycles. The number of aromatic nitrogens is 2. The Hall–Kier alpha value is -1.88. The Morgan fingerprint density at radius 2 is 2.10 bits per heavy atom. The average molecular weight is 303 g/mol. The average Bonchev–Trinajstić information content (AvgIpc) is 2.93. The maximum Gasteiger partial charge on any atom is 0.201 e. The topological polar surface area (TPSA) is 43.8 Å². The minimum Gasteiger partial charge on any atom is -0.369 e. The molecule has 1 unspecified atom stereocenters. The van der Waals surface area contributed by atoms with Crippen LogP contribution in [0.3, 0.4) is 0 Å². The molecule has 0 saturated heterocycles. The summed E-state index contributed by atoms with van der Waals surface area (Å²) in [5, 5.41) is 0. The fraction of sp³-hybridized carbons (Fsp3) is 0.312. The third-order valence-electron chi connectivity index (χ3n) is 3.73. The van der Waals surface area contributed by atoms with E-state index in [0.717, 1.165) is 11.9 Å². The van der Waals surface area contributed by atoms with Crippen molar-refractivity contribution in [2.24, 2.45) is 0 Å². The van der Waals surface area contributed by atoms with Crippen LogP contribution in [0.2, 0.25) is 0 Å². The van der Waals surface area contributed by atoms with Crippen molar-refractivity contribution in [3.63, 3.8) is 0 Å². The minimum absolute atomic E-state index is 0.179. The first-order valence-corrected chi connectivity index (χ1v) is 7.76. The number of benzene rings is 1. The zero-order chi connectivity index (χ0) is 15.1. The number of hydrogen-bond donors (Lipinski definition) is 1. The Bertz CT molecular complexity index is 803. The molecule has 2 heterocycles. The first-order valence-electron chi connectivity index (χ1n) is 6.94. The van der Waals surface area contributed by atoms with E-state index in [1.807, 2.05) is 10.6 Å². The van der Waals surface area contributed by atoms with Crippen molar-refractivity contribution in [2.75, 3.05) is 5.73 Å². The van der Waals surface area contributed by atoms with Gasteiger partial charge in [-0.2, -0.15) is 0 Å². The third-order valence-corrected chi connectivity index (χ3v) is 4.75. The molecule has 110 valence electrons. The zero-order valence-electron chi connectivity index (χ0n) is 12.4. The number of halogens is 1. The molecule has 1 aromatic carbocycles. The van der Waals surface area contributed by atoms with Gasteiger partial charge < -0.3 is 10.3 Å². The number of anilines is 1. The van der Waals surface area contributed by atoms with Crippen molar-refractivity contribution >= 4 is 28.3 Å². The molecule has 0 spiro atoms. The van der Waals surface area contributed by atoms with Crippen LogP contribution < -0.4 is 5.73 Å². The summed E-state index contributed by atoms with van der Waals surface area (Å²) in [6.07, 6.45) is 0.893. The number of aryl methyl sites for hydroxylation is 2. The molecule has 0 aliphatic rings. The zero-order valence-corrected chi connectivity index (χ0v) is 13.2. The van der Waals surface area contributed by atoms with E-state index in [1.165, 1.54) is 15.8 Å². The van der Waals surface area contributed by atoms with Gasteiger partial charge in [0, 0.05) is 28.3 Å². The molecule has 0 saturated carbocycles. The van der Waals surface area contributed by atoms with E-state index in [2.05, 4.69) is 31.0 Å². The molecule has 2 N–H and O–H groups in total. The van der Waals surface area contributed by atoms with Crippen molar-refractivity contribution < 1.29 is 4.39 Å². The summed E-state index contributed by atoms with van der Waals surface area (Å²) in [5.41, 5.74) is 8.17. The van der Waals surface area contributed by atoms with Crippen LogP contribution in [-0.4, -0.2) is 9.55 Å². The molecule has 0 fully saturated rings. The first kappa shape index (κ1) is 14.1. The summed E-state index contributed by atoms with van der Waals surface area (Å²) < 4.78 is 15.6. The molecule has 21 heavy (non-hydrogen) atoms. The van der Waals surface area contributed by atoms with Crippen LogP contribution in [-0.2, 0) is 6.42 Å². The van der Waals surface area contributed by atoms with Crippen molar-refractivity contribution in [1.29, 1.82) is 0 Å². The standard InChI is InChI=1S/C16H18FN3S/c1-9-6-15-14(8-13(9)17)19-16(18)20(15)10(2)7-12-5-4-11(3)21-12/h4-6,8,10H,7H2,1-3H3,(H2,18,19). The Kier molecular flexibility index (Phi) is 3.45. The van der Waals surface area contributed by atoms with Gasteiger partial charge in [0.15, 0.2) is 0 Å². The van der Waals surface area contributed by atoms with Gasteiger partial charge in [-0.3, -0.25) is 0 Å². The van der Waals surface area contributed by atoms with Crippen LogP contribution in [0.5, 0.6) is 0 Å². The summed E-state index contributed by atoms with van der Waals surface area (Å²) >= 11 is 1.80. The van der Waals surface area contributed by atoms with Crippen molar-refractivity contribution in [1.82, 2.24) is 9.55 Å². The summed E-state index contributed by atoms with van der Waals surface area (Å²) in [6, 6.07) is 7.74. The van der Waals surface area contributed by atoms with Crippen molar-refractivity contribution in [3.05, 3.63) is 45.4 Å². The molecule has 0 radical (unpaired) electrons. The monoisotopic (exact) mass is 303 g/mol. The number of rotatable bonds is 3.